The van der Waals surface area contributed by atoms with E-state index in [1.54, 1.807) is 18.2 Å². The van der Waals surface area contributed by atoms with Gasteiger partial charge in [0.25, 0.3) is 5.91 Å². The third-order valence-corrected chi connectivity index (χ3v) is 6.64. The minimum atomic E-state index is -0.476. The van der Waals surface area contributed by atoms with Crippen molar-refractivity contribution in [2.75, 3.05) is 37.6 Å². The number of hydrogen-bond donors (Lipinski definition) is 3. The van der Waals surface area contributed by atoms with Gasteiger partial charge in [0.2, 0.25) is 5.82 Å². The fraction of sp³-hybridized carbons (Fsp3) is 0.444. The largest absolute Gasteiger partial charge is 0.508 e. The highest BCUT2D eigenvalue weighted by Crippen LogP contribution is 2.38. The maximum Gasteiger partial charge on any atom is 0.289 e. The Hall–Kier alpha value is -3.66. The molecule has 0 aliphatic carbocycles. The van der Waals surface area contributed by atoms with E-state index in [0.29, 0.717) is 16.9 Å². The molecule has 2 heterocycles. The number of benzene rings is 2. The van der Waals surface area contributed by atoms with E-state index in [1.807, 2.05) is 32.6 Å². The molecule has 1 aromatic heterocycles. The monoisotopic (exact) mass is 510 g/mol. The van der Waals surface area contributed by atoms with Crippen LogP contribution in [-0.2, 0) is 0 Å². The Balaban J connectivity index is 1.82. The molecule has 10 heteroatoms. The number of nitrogens with one attached hydrogen (secondary N) is 1. The molecule has 0 spiro atoms. The van der Waals surface area contributed by atoms with Gasteiger partial charge in [-0.25, -0.2) is 4.39 Å². The second-order valence-corrected chi connectivity index (χ2v) is 9.95. The summed E-state index contributed by atoms with van der Waals surface area (Å²) in [6, 6.07) is 7.51. The van der Waals surface area contributed by atoms with Crippen LogP contribution in [0.25, 0.3) is 17.1 Å². The molecule has 0 radical (unpaired) electrons. The lowest BCUT2D eigenvalue weighted by atomic mass is 9.98. The second kappa shape index (κ2) is 10.8. The lowest BCUT2D eigenvalue weighted by molar-refractivity contribution is 0.0930. The molecule has 1 aliphatic rings. The van der Waals surface area contributed by atoms with Gasteiger partial charge in [-0.2, -0.15) is 0 Å². The van der Waals surface area contributed by atoms with Gasteiger partial charge in [-0.05, 0) is 50.1 Å². The van der Waals surface area contributed by atoms with Gasteiger partial charge in [0.1, 0.15) is 17.3 Å². The predicted molar refractivity (Wildman–Crippen MR) is 141 cm³/mol. The molecule has 0 saturated carbocycles. The van der Waals surface area contributed by atoms with Crippen molar-refractivity contribution in [3.8, 4) is 28.6 Å². The van der Waals surface area contributed by atoms with Crippen molar-refractivity contribution in [3.05, 3.63) is 47.5 Å². The summed E-state index contributed by atoms with van der Waals surface area (Å²) in [5.74, 6) is -1.07. The first-order chi connectivity index (χ1) is 17.6. The minimum absolute atomic E-state index is 0.0361. The summed E-state index contributed by atoms with van der Waals surface area (Å²) in [7, 11) is 0. The number of amides is 1. The molecule has 0 bridgehead atoms. The third kappa shape index (κ3) is 5.39. The summed E-state index contributed by atoms with van der Waals surface area (Å²) >= 11 is 0. The number of anilines is 1. The number of halogens is 1. The first kappa shape index (κ1) is 26.4. The van der Waals surface area contributed by atoms with E-state index in [0.717, 1.165) is 32.7 Å². The molecule has 37 heavy (non-hydrogen) atoms. The maximum atomic E-state index is 15.5. The van der Waals surface area contributed by atoms with Gasteiger partial charge in [-0.15, -0.1) is 10.2 Å². The van der Waals surface area contributed by atoms with E-state index in [-0.39, 0.29) is 40.7 Å². The lowest BCUT2D eigenvalue weighted by Gasteiger charge is -2.35. The number of aromatic nitrogens is 3. The van der Waals surface area contributed by atoms with Crippen molar-refractivity contribution < 1.29 is 19.4 Å². The van der Waals surface area contributed by atoms with Crippen LogP contribution in [0.1, 0.15) is 56.7 Å². The van der Waals surface area contributed by atoms with Gasteiger partial charge in [0.15, 0.2) is 5.82 Å². The molecule has 3 aromatic rings. The molecule has 3 N–H and O–H groups in total. The molecule has 1 saturated heterocycles. The smallest absolute Gasteiger partial charge is 0.289 e. The zero-order valence-corrected chi connectivity index (χ0v) is 22.0. The maximum absolute atomic E-state index is 15.5. The third-order valence-electron chi connectivity index (χ3n) is 6.64. The predicted octanol–water partition coefficient (Wildman–Crippen LogP) is 3.89. The Kier molecular flexibility index (Phi) is 7.68. The van der Waals surface area contributed by atoms with Crippen LogP contribution >= 0.6 is 0 Å². The van der Waals surface area contributed by atoms with Gasteiger partial charge in [0, 0.05) is 44.4 Å². The standard InChI is InChI=1S/C27H35FN6O3/c1-6-32-9-11-33(12-10-32)22-8-7-18(13-21(22)28)34-25(30-31-26(34)27(37)29-17(4)5)20-14-19(16(2)3)23(35)15-24(20)36/h7-8,13-17,35-36H,6,9-12H2,1-5H3,(H,29,37). The van der Waals surface area contributed by atoms with Gasteiger partial charge < -0.3 is 25.3 Å². The summed E-state index contributed by atoms with van der Waals surface area (Å²) in [5, 5.41) is 32.1. The molecule has 4 rings (SSSR count). The number of rotatable bonds is 7. The normalized spacial score (nSPS) is 14.5. The zero-order chi connectivity index (χ0) is 26.9. The van der Waals surface area contributed by atoms with Gasteiger partial charge in [-0.3, -0.25) is 9.36 Å². The van der Waals surface area contributed by atoms with Crippen LogP contribution in [0.4, 0.5) is 10.1 Å². The van der Waals surface area contributed by atoms with Crippen LogP contribution in [0.2, 0.25) is 0 Å². The van der Waals surface area contributed by atoms with Crippen molar-refractivity contribution in [2.45, 2.75) is 46.6 Å². The topological polar surface area (TPSA) is 107 Å². The molecule has 0 atom stereocenters. The van der Waals surface area contributed by atoms with E-state index >= 15 is 4.39 Å². The average Bonchev–Trinajstić information content (AvgIpc) is 3.28. The molecular weight excluding hydrogens is 475 g/mol. The molecule has 2 aromatic carbocycles. The lowest BCUT2D eigenvalue weighted by Crippen LogP contribution is -2.46. The molecule has 198 valence electrons. The summed E-state index contributed by atoms with van der Waals surface area (Å²) in [6.45, 7) is 13.7. The van der Waals surface area contributed by atoms with E-state index in [2.05, 4.69) is 27.3 Å². The number of phenols is 2. The summed E-state index contributed by atoms with van der Waals surface area (Å²) < 4.78 is 16.9. The fourth-order valence-electron chi connectivity index (χ4n) is 4.61. The Morgan fingerprint density at radius 1 is 1.03 bits per heavy atom. The highest BCUT2D eigenvalue weighted by molar-refractivity contribution is 5.92. The fourth-order valence-corrected chi connectivity index (χ4v) is 4.61. The van der Waals surface area contributed by atoms with Crippen molar-refractivity contribution in [1.82, 2.24) is 25.0 Å². The van der Waals surface area contributed by atoms with Crippen LogP contribution in [0.5, 0.6) is 11.5 Å². The SMILES string of the molecule is CCN1CCN(c2ccc(-n3c(C(=O)NC(C)C)nnc3-c3cc(C(C)C)c(O)cc3O)cc2F)CC1. The van der Waals surface area contributed by atoms with E-state index < -0.39 is 11.7 Å². The number of carbonyl (C=O) groups excluding carboxylic acids is 1. The number of phenolic OH excluding ortho intramolecular Hbond substituents is 2. The molecule has 1 fully saturated rings. The Morgan fingerprint density at radius 3 is 2.32 bits per heavy atom. The number of likely N-dealkylation sites (N-methyl/N-ethyl adjacent to an activating group) is 1. The molecule has 0 unspecified atom stereocenters. The van der Waals surface area contributed by atoms with Crippen LogP contribution < -0.4 is 10.2 Å². The zero-order valence-electron chi connectivity index (χ0n) is 22.0. The second-order valence-electron chi connectivity index (χ2n) is 9.95. The van der Waals surface area contributed by atoms with Crippen LogP contribution in [0.15, 0.2) is 30.3 Å². The van der Waals surface area contributed by atoms with Crippen molar-refractivity contribution in [2.24, 2.45) is 0 Å². The molecule has 1 aliphatic heterocycles. The number of hydrogen-bond acceptors (Lipinski definition) is 7. The summed E-state index contributed by atoms with van der Waals surface area (Å²) in [5.41, 5.74) is 1.72. The Bertz CT molecular complexity index is 1280. The van der Waals surface area contributed by atoms with Crippen molar-refractivity contribution in [3.63, 3.8) is 0 Å². The van der Waals surface area contributed by atoms with Gasteiger partial charge in [0.05, 0.1) is 16.9 Å². The van der Waals surface area contributed by atoms with Crippen LogP contribution in [0.3, 0.4) is 0 Å². The van der Waals surface area contributed by atoms with Gasteiger partial charge in [-0.1, -0.05) is 20.8 Å². The Labute approximate surface area is 216 Å². The number of piperazine rings is 1. The average molecular weight is 511 g/mol. The van der Waals surface area contributed by atoms with E-state index in [1.165, 1.54) is 16.7 Å². The van der Waals surface area contributed by atoms with Crippen LogP contribution in [0, 0.1) is 5.82 Å². The van der Waals surface area contributed by atoms with Crippen molar-refractivity contribution >= 4 is 11.6 Å². The van der Waals surface area contributed by atoms with E-state index in [4.69, 9.17) is 0 Å². The number of aromatic hydroxyl groups is 2. The van der Waals surface area contributed by atoms with Crippen LogP contribution in [-0.4, -0.2) is 74.6 Å². The minimum Gasteiger partial charge on any atom is -0.508 e. The number of nitrogens with zero attached hydrogens (tertiary/aromatic N) is 5. The van der Waals surface area contributed by atoms with Gasteiger partial charge >= 0.3 is 0 Å². The quantitative estimate of drug-likeness (QED) is 0.443. The highest BCUT2D eigenvalue weighted by Gasteiger charge is 2.26. The highest BCUT2D eigenvalue weighted by atomic mass is 19.1. The Morgan fingerprint density at radius 2 is 1.73 bits per heavy atom. The molecule has 9 nitrogen and oxygen atoms in total. The first-order valence-electron chi connectivity index (χ1n) is 12.7. The molecule has 1 amide bonds. The van der Waals surface area contributed by atoms with Crippen molar-refractivity contribution in [1.29, 1.82) is 0 Å². The van der Waals surface area contributed by atoms with E-state index in [9.17, 15) is 15.0 Å². The number of carbonyl (C=O) groups is 1. The molecular formula is C27H35FN6O3. The summed E-state index contributed by atoms with van der Waals surface area (Å²) in [4.78, 5) is 17.4. The summed E-state index contributed by atoms with van der Waals surface area (Å²) in [6.07, 6.45) is 0. The first-order valence-corrected chi connectivity index (χ1v) is 12.7.